The number of rotatable bonds is 7. The fourth-order valence-corrected chi connectivity index (χ4v) is 4.79. The fraction of sp³-hybridized carbons (Fsp3) is 0.296. The molecule has 3 aromatic rings. The molecule has 2 N–H and O–H groups in total. The molecule has 0 bridgehead atoms. The van der Waals surface area contributed by atoms with Crippen molar-refractivity contribution >= 4 is 40.7 Å². The Bertz CT molecular complexity index is 1440. The highest BCUT2D eigenvalue weighted by Crippen LogP contribution is 2.32. The van der Waals surface area contributed by atoms with Crippen molar-refractivity contribution in [2.45, 2.75) is 37.8 Å². The summed E-state index contributed by atoms with van der Waals surface area (Å²) in [7, 11) is 1.50. The van der Waals surface area contributed by atoms with E-state index >= 15 is 0 Å². The van der Waals surface area contributed by atoms with Gasteiger partial charge in [0.15, 0.2) is 0 Å². The van der Waals surface area contributed by atoms with Crippen molar-refractivity contribution in [2.24, 2.45) is 0 Å². The van der Waals surface area contributed by atoms with Gasteiger partial charge in [0, 0.05) is 48.5 Å². The minimum absolute atomic E-state index is 0.183. The van der Waals surface area contributed by atoms with Gasteiger partial charge in [-0.15, -0.1) is 0 Å². The lowest BCUT2D eigenvalue weighted by atomic mass is 9.99. The molecule has 1 fully saturated rings. The Morgan fingerprint density at radius 2 is 2.03 bits per heavy atom. The minimum Gasteiger partial charge on any atom is -0.378 e. The quantitative estimate of drug-likeness (QED) is 0.440. The van der Waals surface area contributed by atoms with E-state index in [1.54, 1.807) is 24.3 Å². The van der Waals surface area contributed by atoms with Crippen molar-refractivity contribution in [2.75, 3.05) is 19.0 Å². The van der Waals surface area contributed by atoms with Crippen LogP contribution >= 0.6 is 23.2 Å². The molecular formula is C27H25Cl2N5O4. The summed E-state index contributed by atoms with van der Waals surface area (Å²) in [5.74, 6) is -0.809. The number of nitrogens with zero attached hydrogens (tertiary/aromatic N) is 3. The van der Waals surface area contributed by atoms with E-state index in [0.717, 1.165) is 19.3 Å². The third-order valence-electron chi connectivity index (χ3n) is 6.31. The molecule has 1 aliphatic rings. The highest BCUT2D eigenvalue weighted by atomic mass is 35.5. The summed E-state index contributed by atoms with van der Waals surface area (Å²) in [5.41, 5.74) is 1.17. The fourth-order valence-electron chi connectivity index (χ4n) is 4.35. The number of carbonyl (C=O) groups excluding carboxylic acids is 2. The van der Waals surface area contributed by atoms with Crippen molar-refractivity contribution in [1.29, 1.82) is 5.26 Å². The number of pyridine rings is 2. The van der Waals surface area contributed by atoms with Gasteiger partial charge in [-0.2, -0.15) is 5.26 Å². The normalized spacial score (nSPS) is 15.8. The Morgan fingerprint density at radius 3 is 2.68 bits per heavy atom. The molecule has 1 unspecified atom stereocenters. The van der Waals surface area contributed by atoms with Crippen LogP contribution in [0.15, 0.2) is 53.6 Å². The molecule has 1 aromatic carbocycles. The third-order valence-corrected chi connectivity index (χ3v) is 6.85. The lowest BCUT2D eigenvalue weighted by Gasteiger charge is -2.28. The van der Waals surface area contributed by atoms with Gasteiger partial charge in [0.2, 0.25) is 5.91 Å². The zero-order valence-corrected chi connectivity index (χ0v) is 22.1. The number of carbonyl (C=O) groups is 2. The van der Waals surface area contributed by atoms with E-state index in [1.165, 1.54) is 36.1 Å². The number of aromatic nitrogens is 2. The van der Waals surface area contributed by atoms with Gasteiger partial charge in [-0.05, 0) is 49.6 Å². The molecule has 3 heterocycles. The number of nitrogens with one attached hydrogen (secondary N) is 2. The first-order valence-electron chi connectivity index (χ1n) is 12.0. The topological polar surface area (TPSA) is 126 Å². The van der Waals surface area contributed by atoms with E-state index in [1.807, 2.05) is 0 Å². The monoisotopic (exact) mass is 553 g/mol. The summed E-state index contributed by atoms with van der Waals surface area (Å²) in [6, 6.07) is 10.2. The molecule has 196 valence electrons. The number of hydrogen-bond acceptors (Lipinski definition) is 6. The van der Waals surface area contributed by atoms with Crippen molar-refractivity contribution < 1.29 is 14.3 Å². The Hall–Kier alpha value is -3.71. The zero-order chi connectivity index (χ0) is 27.2. The molecule has 4 rings (SSSR count). The van der Waals surface area contributed by atoms with Crippen LogP contribution in [0.2, 0.25) is 10.0 Å². The van der Waals surface area contributed by atoms with E-state index in [9.17, 15) is 19.6 Å². The highest BCUT2D eigenvalue weighted by Gasteiger charge is 2.28. The average Bonchev–Trinajstić information content (AvgIpc) is 2.93. The number of hydrogen-bond donors (Lipinski definition) is 2. The molecule has 0 saturated carbocycles. The van der Waals surface area contributed by atoms with Gasteiger partial charge in [0.05, 0.1) is 34.6 Å². The molecule has 1 saturated heterocycles. The number of benzene rings is 1. The Labute approximate surface area is 229 Å². The molecule has 11 heteroatoms. The van der Waals surface area contributed by atoms with Gasteiger partial charge in [-0.25, -0.2) is 4.98 Å². The van der Waals surface area contributed by atoms with Crippen LogP contribution < -0.4 is 16.2 Å². The highest BCUT2D eigenvalue weighted by molar-refractivity contribution is 6.34. The first kappa shape index (κ1) is 27.3. The predicted octanol–water partition coefficient (Wildman–Crippen LogP) is 4.59. The van der Waals surface area contributed by atoms with Crippen LogP contribution in [-0.2, 0) is 9.53 Å². The number of ether oxygens (including phenoxy) is 1. The van der Waals surface area contributed by atoms with Gasteiger partial charge in [0.1, 0.15) is 11.7 Å². The van der Waals surface area contributed by atoms with Crippen molar-refractivity contribution in [3.05, 3.63) is 80.4 Å². The number of nitriles is 1. The molecule has 9 nitrogen and oxygen atoms in total. The Balaban J connectivity index is 1.69. The van der Waals surface area contributed by atoms with Crippen LogP contribution in [0.4, 0.5) is 5.69 Å². The zero-order valence-electron chi connectivity index (χ0n) is 20.5. The van der Waals surface area contributed by atoms with Crippen molar-refractivity contribution in [3.63, 3.8) is 0 Å². The van der Waals surface area contributed by atoms with E-state index < -0.39 is 17.5 Å². The lowest BCUT2D eigenvalue weighted by Crippen LogP contribution is -2.36. The van der Waals surface area contributed by atoms with Crippen LogP contribution in [-0.4, -0.2) is 41.1 Å². The summed E-state index contributed by atoms with van der Waals surface area (Å²) in [5, 5.41) is 15.4. The maximum atomic E-state index is 13.5. The maximum Gasteiger partial charge on any atom is 0.269 e. The number of anilines is 1. The smallest absolute Gasteiger partial charge is 0.269 e. The van der Waals surface area contributed by atoms with Crippen LogP contribution in [0.1, 0.15) is 47.8 Å². The molecule has 2 aromatic heterocycles. The average molecular weight is 554 g/mol. The largest absolute Gasteiger partial charge is 0.378 e. The molecule has 0 spiro atoms. The van der Waals surface area contributed by atoms with Gasteiger partial charge < -0.3 is 19.9 Å². The third kappa shape index (κ3) is 6.22. The Kier molecular flexibility index (Phi) is 8.79. The van der Waals surface area contributed by atoms with E-state index in [2.05, 4.69) is 21.7 Å². The molecule has 0 aliphatic carbocycles. The van der Waals surface area contributed by atoms with Gasteiger partial charge in [-0.1, -0.05) is 23.2 Å². The number of halogens is 2. The second-order valence-corrected chi connectivity index (χ2v) is 9.67. The van der Waals surface area contributed by atoms with Gasteiger partial charge in [-0.3, -0.25) is 14.4 Å². The molecule has 0 radical (unpaired) electrons. The second kappa shape index (κ2) is 12.2. The Morgan fingerprint density at radius 1 is 1.21 bits per heavy atom. The van der Waals surface area contributed by atoms with Crippen LogP contribution in [0, 0.1) is 11.3 Å². The number of amides is 2. The second-order valence-electron chi connectivity index (χ2n) is 8.82. The van der Waals surface area contributed by atoms with Gasteiger partial charge >= 0.3 is 0 Å². The standard InChI is InChI=1S/C27H25Cl2N5O4/c1-31-26(36)23-8-7-18(14-32-23)33-27(37)24(11-19-4-2-3-9-38-19)34-15-22(29)21(12-25(34)35)20-10-17(28)6-5-16(20)13-30/h5-8,10,12,14-15,19,24H,2-4,9,11H2,1H3,(H,31,36)(H,33,37)/t19-,24?/m0/s1. The van der Waals surface area contributed by atoms with Crippen molar-refractivity contribution in [1.82, 2.24) is 14.9 Å². The van der Waals surface area contributed by atoms with Crippen molar-refractivity contribution in [3.8, 4) is 17.2 Å². The summed E-state index contributed by atoms with van der Waals surface area (Å²) in [6.45, 7) is 0.587. The van der Waals surface area contributed by atoms with Crippen LogP contribution in [0.5, 0.6) is 0 Å². The van der Waals surface area contributed by atoms with Gasteiger partial charge in [0.25, 0.3) is 11.5 Å². The van der Waals surface area contributed by atoms with E-state index in [0.29, 0.717) is 34.0 Å². The maximum absolute atomic E-state index is 13.5. The lowest BCUT2D eigenvalue weighted by molar-refractivity contribution is -0.121. The minimum atomic E-state index is -0.939. The molecule has 2 amide bonds. The summed E-state index contributed by atoms with van der Waals surface area (Å²) >= 11 is 12.7. The molecule has 1 aliphatic heterocycles. The summed E-state index contributed by atoms with van der Waals surface area (Å²) in [4.78, 5) is 42.7. The predicted molar refractivity (Wildman–Crippen MR) is 144 cm³/mol. The molecular weight excluding hydrogens is 529 g/mol. The van der Waals surface area contributed by atoms with Crippen LogP contribution in [0.25, 0.3) is 11.1 Å². The molecule has 2 atom stereocenters. The first-order chi connectivity index (χ1) is 18.3. The SMILES string of the molecule is CNC(=O)c1ccc(NC(=O)C(C[C@@H]2CCCCO2)n2cc(Cl)c(-c3cc(Cl)ccc3C#N)cc2=O)cn1. The van der Waals surface area contributed by atoms with E-state index in [4.69, 9.17) is 27.9 Å². The van der Waals surface area contributed by atoms with E-state index in [-0.39, 0.29) is 29.1 Å². The summed E-state index contributed by atoms with van der Waals surface area (Å²) in [6.07, 6.45) is 5.49. The summed E-state index contributed by atoms with van der Waals surface area (Å²) < 4.78 is 7.14. The molecule has 38 heavy (non-hydrogen) atoms. The first-order valence-corrected chi connectivity index (χ1v) is 12.8. The van der Waals surface area contributed by atoms with Crippen LogP contribution in [0.3, 0.4) is 0 Å².